The van der Waals surface area contributed by atoms with Crippen molar-refractivity contribution in [1.82, 2.24) is 4.90 Å². The van der Waals surface area contributed by atoms with E-state index in [-0.39, 0.29) is 35.3 Å². The Bertz CT molecular complexity index is 1690. The van der Waals surface area contributed by atoms with E-state index in [0.29, 0.717) is 22.3 Å². The predicted molar refractivity (Wildman–Crippen MR) is 158 cm³/mol. The second-order valence-corrected chi connectivity index (χ2v) is 13.3. The van der Waals surface area contributed by atoms with Crippen molar-refractivity contribution < 1.29 is 39.3 Å². The molecule has 4 amide bonds. The van der Waals surface area contributed by atoms with Crippen molar-refractivity contribution in [3.05, 3.63) is 64.2 Å². The molecule has 0 unspecified atom stereocenters. The molecule has 2 aromatic carbocycles. The first-order valence-corrected chi connectivity index (χ1v) is 15.3. The van der Waals surface area contributed by atoms with Crippen molar-refractivity contribution in [3.8, 4) is 11.5 Å². The van der Waals surface area contributed by atoms with Crippen LogP contribution in [-0.4, -0.2) is 65.0 Å². The summed E-state index contributed by atoms with van der Waals surface area (Å²) in [7, 11) is 0. The number of anilines is 1. The van der Waals surface area contributed by atoms with Crippen molar-refractivity contribution in [2.75, 3.05) is 10.4 Å². The first-order chi connectivity index (χ1) is 20.2. The number of aryl methyl sites for hydroxylation is 2. The van der Waals surface area contributed by atoms with Gasteiger partial charge in [0.05, 0.1) is 23.0 Å². The SMILES string of the molecule is Cc1cc([C@H]2C3=CC[C@@H]4C(=O)N(c5ccc(C(=O)O)c(O)c5)C(=O)[C@@H]4[C@@H]3C[C@@]3(Cl)C(=O)N(CBr)C(=O)[C@@]23Cl)cc(C)c1O. The summed E-state index contributed by atoms with van der Waals surface area (Å²) in [6.45, 7) is 3.39. The molecule has 0 aromatic heterocycles. The van der Waals surface area contributed by atoms with Gasteiger partial charge in [-0.25, -0.2) is 9.69 Å². The number of phenols is 2. The third kappa shape index (κ3) is 3.80. The second kappa shape index (κ2) is 9.80. The van der Waals surface area contributed by atoms with Gasteiger partial charge in [0.25, 0.3) is 11.8 Å². The van der Waals surface area contributed by atoms with Crippen LogP contribution >= 0.6 is 39.1 Å². The Morgan fingerprint density at radius 2 is 1.65 bits per heavy atom. The second-order valence-electron chi connectivity index (χ2n) is 11.5. The number of alkyl halides is 3. The largest absolute Gasteiger partial charge is 0.507 e. The molecule has 2 saturated heterocycles. The van der Waals surface area contributed by atoms with E-state index >= 15 is 0 Å². The first kappa shape index (κ1) is 29.7. The minimum Gasteiger partial charge on any atom is -0.507 e. The zero-order valence-electron chi connectivity index (χ0n) is 22.8. The summed E-state index contributed by atoms with van der Waals surface area (Å²) in [6, 6.07) is 6.79. The van der Waals surface area contributed by atoms with E-state index in [1.165, 1.54) is 6.07 Å². The molecule has 43 heavy (non-hydrogen) atoms. The van der Waals surface area contributed by atoms with Gasteiger partial charge in [-0.2, -0.15) is 0 Å². The summed E-state index contributed by atoms with van der Waals surface area (Å²) in [4.78, 5) is 64.7. The number of amides is 4. The predicted octanol–water partition coefficient (Wildman–Crippen LogP) is 4.33. The zero-order chi connectivity index (χ0) is 31.3. The number of phenolic OH excluding ortho intramolecular Hbond substituents is 1. The smallest absolute Gasteiger partial charge is 0.339 e. The Kier molecular flexibility index (Phi) is 6.76. The lowest BCUT2D eigenvalue weighted by molar-refractivity contribution is -0.138. The average molecular weight is 692 g/mol. The summed E-state index contributed by atoms with van der Waals surface area (Å²) >= 11 is 17.6. The van der Waals surface area contributed by atoms with E-state index in [4.69, 9.17) is 23.2 Å². The van der Waals surface area contributed by atoms with E-state index < -0.39 is 68.8 Å². The lowest BCUT2D eigenvalue weighted by Crippen LogP contribution is -2.60. The van der Waals surface area contributed by atoms with E-state index in [9.17, 15) is 39.3 Å². The third-order valence-corrected chi connectivity index (χ3v) is 11.2. The van der Waals surface area contributed by atoms with Crippen LogP contribution in [-0.2, 0) is 19.2 Å². The van der Waals surface area contributed by atoms with Gasteiger partial charge in [-0.3, -0.25) is 24.1 Å². The van der Waals surface area contributed by atoms with Crippen LogP contribution in [0.5, 0.6) is 11.5 Å². The minimum absolute atomic E-state index is 0.00968. The standard InChI is InChI=1S/C30H25BrCl2N2O8/c1-12-7-14(8-13(2)23(12)37)22-16-5-6-18-21(19(16)10-29(32)27(42)34(11-31)28(43)30(22,29)33)25(39)35(24(18)38)15-3-4-17(26(40)41)20(36)9-15/h3-5,7-9,18-19,21-22,36-37H,6,10-11H2,1-2H3,(H,40,41)/t18-,19+,21-,22-,29+,30-/m0/s1. The number of benzene rings is 2. The van der Waals surface area contributed by atoms with E-state index in [1.54, 1.807) is 32.1 Å². The highest BCUT2D eigenvalue weighted by Gasteiger charge is 2.76. The number of rotatable bonds is 4. The van der Waals surface area contributed by atoms with Crippen LogP contribution in [0.1, 0.15) is 45.8 Å². The molecular weight excluding hydrogens is 667 g/mol. The Balaban J connectivity index is 1.51. The molecule has 10 nitrogen and oxygen atoms in total. The van der Waals surface area contributed by atoms with Crippen molar-refractivity contribution >= 4 is 74.4 Å². The molecule has 3 fully saturated rings. The van der Waals surface area contributed by atoms with Gasteiger partial charge in [-0.05, 0) is 61.4 Å². The highest BCUT2D eigenvalue weighted by Crippen LogP contribution is 2.65. The highest BCUT2D eigenvalue weighted by atomic mass is 79.9. The highest BCUT2D eigenvalue weighted by molar-refractivity contribution is 9.09. The fourth-order valence-corrected chi connectivity index (χ4v) is 8.80. The van der Waals surface area contributed by atoms with Crippen LogP contribution < -0.4 is 4.90 Å². The number of carboxylic acids is 1. The van der Waals surface area contributed by atoms with Gasteiger partial charge in [-0.15, -0.1) is 23.2 Å². The molecule has 3 N–H and O–H groups in total. The number of halogens is 3. The van der Waals surface area contributed by atoms with Gasteiger partial charge in [0.15, 0.2) is 9.75 Å². The molecule has 6 rings (SSSR count). The number of carbonyl (C=O) groups excluding carboxylic acids is 4. The van der Waals surface area contributed by atoms with Gasteiger partial charge < -0.3 is 15.3 Å². The fourth-order valence-electron chi connectivity index (χ4n) is 7.38. The van der Waals surface area contributed by atoms with Gasteiger partial charge in [-0.1, -0.05) is 39.7 Å². The maximum absolute atomic E-state index is 14.1. The normalized spacial score (nSPS) is 31.6. The molecule has 6 atom stereocenters. The van der Waals surface area contributed by atoms with Crippen molar-refractivity contribution in [2.45, 2.75) is 42.4 Å². The quantitative estimate of drug-likeness (QED) is 0.186. The number of carbonyl (C=O) groups is 5. The number of imide groups is 2. The summed E-state index contributed by atoms with van der Waals surface area (Å²) in [5.74, 6) is -7.97. The number of hydrogen-bond donors (Lipinski definition) is 3. The molecule has 2 heterocycles. The lowest BCUT2D eigenvalue weighted by Gasteiger charge is -2.51. The molecule has 0 radical (unpaired) electrons. The lowest BCUT2D eigenvalue weighted by atomic mass is 9.56. The molecule has 224 valence electrons. The number of likely N-dealkylation sites (tertiary alicyclic amines) is 1. The summed E-state index contributed by atoms with van der Waals surface area (Å²) in [5, 5.41) is 30.0. The molecule has 4 aliphatic rings. The van der Waals surface area contributed by atoms with E-state index in [2.05, 4.69) is 15.9 Å². The molecule has 13 heteroatoms. The monoisotopic (exact) mass is 690 g/mol. The number of aromatic carboxylic acids is 1. The number of carboxylic acid groups (broad SMARTS) is 1. The molecule has 2 aliphatic carbocycles. The number of allylic oxidation sites excluding steroid dienone is 2. The Morgan fingerprint density at radius 1 is 1.00 bits per heavy atom. The zero-order valence-corrected chi connectivity index (χ0v) is 25.9. The average Bonchev–Trinajstić information content (AvgIpc) is 3.28. The number of fused-ring (bicyclic) bond motifs is 4. The van der Waals surface area contributed by atoms with Crippen molar-refractivity contribution in [2.24, 2.45) is 17.8 Å². The van der Waals surface area contributed by atoms with Crippen molar-refractivity contribution in [1.29, 1.82) is 0 Å². The summed E-state index contributed by atoms with van der Waals surface area (Å²) < 4.78 is 0. The number of nitrogens with zero attached hydrogens (tertiary/aromatic N) is 2. The third-order valence-electron chi connectivity index (χ3n) is 9.33. The first-order valence-electron chi connectivity index (χ1n) is 13.4. The minimum atomic E-state index is -1.97. The van der Waals surface area contributed by atoms with Crippen LogP contribution in [0.25, 0.3) is 0 Å². The van der Waals surface area contributed by atoms with Gasteiger partial charge in [0, 0.05) is 12.0 Å². The Labute approximate surface area is 264 Å². The topological polar surface area (TPSA) is 153 Å². The van der Waals surface area contributed by atoms with Crippen LogP contribution in [0.2, 0.25) is 0 Å². The van der Waals surface area contributed by atoms with Crippen LogP contribution in [0.3, 0.4) is 0 Å². The van der Waals surface area contributed by atoms with Crippen LogP contribution in [0.15, 0.2) is 42.0 Å². The Morgan fingerprint density at radius 3 is 2.23 bits per heavy atom. The summed E-state index contributed by atoms with van der Waals surface area (Å²) in [5.41, 5.74) is 1.64. The van der Waals surface area contributed by atoms with Crippen LogP contribution in [0.4, 0.5) is 5.69 Å². The molecule has 0 spiro atoms. The summed E-state index contributed by atoms with van der Waals surface area (Å²) in [6.07, 6.45) is 1.74. The fraction of sp³-hybridized carbons (Fsp3) is 0.367. The molecule has 0 bridgehead atoms. The number of aromatic hydroxyl groups is 2. The van der Waals surface area contributed by atoms with Gasteiger partial charge >= 0.3 is 5.97 Å². The Hall–Kier alpha value is -3.41. The van der Waals surface area contributed by atoms with Gasteiger partial charge in [0.2, 0.25) is 11.8 Å². The maximum Gasteiger partial charge on any atom is 0.339 e. The molecule has 1 saturated carbocycles. The maximum atomic E-state index is 14.1. The van der Waals surface area contributed by atoms with E-state index in [1.807, 2.05) is 0 Å². The van der Waals surface area contributed by atoms with Crippen LogP contribution in [0, 0.1) is 31.6 Å². The molecule has 2 aromatic rings. The van der Waals surface area contributed by atoms with E-state index in [0.717, 1.165) is 21.9 Å². The molecular formula is C30H25BrCl2N2O8. The molecule has 2 aliphatic heterocycles. The van der Waals surface area contributed by atoms with Crippen molar-refractivity contribution in [3.63, 3.8) is 0 Å². The number of hydrogen-bond acceptors (Lipinski definition) is 7. The van der Waals surface area contributed by atoms with Gasteiger partial charge in [0.1, 0.15) is 17.1 Å².